The Morgan fingerprint density at radius 2 is 1.87 bits per heavy atom. The maximum absolute atomic E-state index is 12.9. The van der Waals surface area contributed by atoms with E-state index in [1.165, 1.54) is 6.20 Å². The third kappa shape index (κ3) is 4.93. The highest BCUT2D eigenvalue weighted by atomic mass is 32.2. The van der Waals surface area contributed by atoms with Crippen LogP contribution < -0.4 is 5.32 Å². The molecule has 2 saturated carbocycles. The fourth-order valence-corrected chi connectivity index (χ4v) is 5.16. The average Bonchev–Trinajstić information content (AvgIpc) is 3.25. The first-order valence-electron chi connectivity index (χ1n) is 9.76. The summed E-state index contributed by atoms with van der Waals surface area (Å²) in [6, 6.07) is 6.90. The Morgan fingerprint density at radius 1 is 1.17 bits per heavy atom. The first-order valence-corrected chi connectivity index (χ1v) is 11.8. The van der Waals surface area contributed by atoms with Gasteiger partial charge in [0.1, 0.15) is 11.0 Å². The van der Waals surface area contributed by atoms with Crippen molar-refractivity contribution < 1.29 is 23.7 Å². The van der Waals surface area contributed by atoms with E-state index in [1.807, 2.05) is 0 Å². The molecule has 0 aliphatic heterocycles. The Kier molecular flexibility index (Phi) is 6.24. The molecule has 1 unspecified atom stereocenters. The second-order valence-electron chi connectivity index (χ2n) is 7.26. The quantitative estimate of drug-likeness (QED) is 0.473. The molecule has 1 atom stereocenters. The summed E-state index contributed by atoms with van der Waals surface area (Å²) in [5, 5.41) is 16.1. The lowest BCUT2D eigenvalue weighted by molar-refractivity contribution is -0.110. The Morgan fingerprint density at radius 3 is 2.47 bits per heavy atom. The fourth-order valence-electron chi connectivity index (χ4n) is 3.15. The minimum Gasteiger partial charge on any atom is -0.477 e. The Labute approximate surface area is 179 Å². The minimum atomic E-state index is -1.11. The van der Waals surface area contributed by atoms with Gasteiger partial charge in [-0.2, -0.15) is 0 Å². The Bertz CT molecular complexity index is 992. The number of aromatic carboxylic acids is 1. The van der Waals surface area contributed by atoms with E-state index in [0.717, 1.165) is 54.8 Å². The predicted octanol–water partition coefficient (Wildman–Crippen LogP) is 3.41. The number of nitrogens with zero attached hydrogens (tertiary/aromatic N) is 2. The maximum Gasteiger partial charge on any atom is 0.347 e. The number of carboxylic acids is 1. The first kappa shape index (κ1) is 20.7. The third-order valence-corrected chi connectivity index (χ3v) is 7.65. The van der Waals surface area contributed by atoms with E-state index >= 15 is 0 Å². The van der Waals surface area contributed by atoms with Gasteiger partial charge in [-0.1, -0.05) is 28.6 Å². The molecule has 8 nitrogen and oxygen atoms in total. The molecule has 0 spiro atoms. The lowest BCUT2D eigenvalue weighted by atomic mass is 10.1. The number of benzene rings is 1. The smallest absolute Gasteiger partial charge is 0.347 e. The molecule has 2 N–H and O–H groups in total. The van der Waals surface area contributed by atoms with Gasteiger partial charge in [-0.05, 0) is 50.7 Å². The average molecular weight is 448 g/mol. The van der Waals surface area contributed by atoms with Crippen molar-refractivity contribution in [2.45, 2.75) is 54.8 Å². The van der Waals surface area contributed by atoms with E-state index in [-0.39, 0.29) is 27.1 Å². The van der Waals surface area contributed by atoms with Crippen molar-refractivity contribution in [3.8, 4) is 0 Å². The molecule has 10 heteroatoms. The van der Waals surface area contributed by atoms with Crippen molar-refractivity contribution in [1.82, 2.24) is 4.98 Å². The molecular formula is C20H21N3O5S2. The summed E-state index contributed by atoms with van der Waals surface area (Å²) in [5.74, 6) is -1.65. The molecule has 1 aromatic heterocycles. The van der Waals surface area contributed by atoms with Crippen LogP contribution in [0.1, 0.15) is 53.8 Å². The summed E-state index contributed by atoms with van der Waals surface area (Å²) >= 11 is 0.863. The van der Waals surface area contributed by atoms with Crippen LogP contribution in [0.5, 0.6) is 0 Å². The minimum absolute atomic E-state index is 0.0204. The number of aromatic nitrogens is 1. The molecule has 0 radical (unpaired) electrons. The van der Waals surface area contributed by atoms with Gasteiger partial charge >= 0.3 is 5.97 Å². The van der Waals surface area contributed by atoms with Gasteiger partial charge in [0.15, 0.2) is 10.8 Å². The predicted molar refractivity (Wildman–Crippen MR) is 113 cm³/mol. The van der Waals surface area contributed by atoms with E-state index < -0.39 is 22.7 Å². The lowest BCUT2D eigenvalue weighted by Gasteiger charge is -2.11. The highest BCUT2D eigenvalue weighted by Crippen LogP contribution is 2.30. The topological polar surface area (TPSA) is 118 Å². The molecule has 158 valence electrons. The molecular weight excluding hydrogens is 426 g/mol. The van der Waals surface area contributed by atoms with Crippen LogP contribution in [0.15, 0.2) is 40.5 Å². The van der Waals surface area contributed by atoms with Crippen LogP contribution >= 0.6 is 11.3 Å². The second-order valence-corrected chi connectivity index (χ2v) is 10.0. The number of anilines is 1. The Balaban J connectivity index is 1.54. The summed E-state index contributed by atoms with van der Waals surface area (Å²) in [6.07, 6.45) is 7.05. The summed E-state index contributed by atoms with van der Waals surface area (Å²) < 4.78 is 12.3. The monoisotopic (exact) mass is 447 g/mol. The SMILES string of the molecule is O=C(Nc1ncc(C(=O)O)s1)/C(=N/OC1CCCC1)c1ccc(S(=O)C2CC2)cc1. The number of nitrogens with one attached hydrogen (secondary N) is 1. The molecule has 0 bridgehead atoms. The first-order chi connectivity index (χ1) is 14.5. The number of thiazole rings is 1. The number of hydrogen-bond acceptors (Lipinski definition) is 7. The van der Waals surface area contributed by atoms with Crippen LogP contribution in [0.3, 0.4) is 0 Å². The zero-order valence-corrected chi connectivity index (χ0v) is 17.7. The van der Waals surface area contributed by atoms with Gasteiger partial charge < -0.3 is 9.94 Å². The van der Waals surface area contributed by atoms with Gasteiger partial charge in [-0.15, -0.1) is 0 Å². The molecule has 1 amide bonds. The summed E-state index contributed by atoms with van der Waals surface area (Å²) in [4.78, 5) is 34.2. The van der Waals surface area contributed by atoms with Crippen LogP contribution in [0, 0.1) is 0 Å². The van der Waals surface area contributed by atoms with E-state index in [4.69, 9.17) is 9.94 Å². The molecule has 2 aliphatic rings. The van der Waals surface area contributed by atoms with E-state index in [0.29, 0.717) is 5.56 Å². The van der Waals surface area contributed by atoms with Crippen LogP contribution in [-0.2, 0) is 20.4 Å². The van der Waals surface area contributed by atoms with E-state index in [2.05, 4.69) is 15.5 Å². The number of oxime groups is 1. The van der Waals surface area contributed by atoms with Gasteiger partial charge in [0.05, 0.1) is 17.0 Å². The van der Waals surface area contributed by atoms with Crippen molar-refractivity contribution in [1.29, 1.82) is 0 Å². The normalized spacial score (nSPS) is 18.2. The van der Waals surface area contributed by atoms with Crippen LogP contribution in [0.2, 0.25) is 0 Å². The summed E-state index contributed by atoms with van der Waals surface area (Å²) in [5.41, 5.74) is 0.592. The third-order valence-electron chi connectivity index (χ3n) is 4.93. The maximum atomic E-state index is 12.9. The van der Waals surface area contributed by atoms with Crippen molar-refractivity contribution >= 4 is 44.9 Å². The number of hydrogen-bond donors (Lipinski definition) is 2. The zero-order valence-electron chi connectivity index (χ0n) is 16.1. The number of carboxylic acid groups (broad SMARTS) is 1. The standard InChI is InChI=1S/C20H21N3O5S2/c24-18(22-20-21-11-16(29-20)19(25)26)17(23-28-13-3-1-2-4-13)12-5-7-14(8-6-12)30(27)15-9-10-15/h5-8,11,13,15H,1-4,9-10H2,(H,25,26)(H,21,22,24)/b23-17+. The molecule has 1 aromatic carbocycles. The van der Waals surface area contributed by atoms with Gasteiger partial charge in [0.2, 0.25) is 0 Å². The molecule has 30 heavy (non-hydrogen) atoms. The van der Waals surface area contributed by atoms with Crippen molar-refractivity contribution in [3.05, 3.63) is 40.9 Å². The largest absolute Gasteiger partial charge is 0.477 e. The van der Waals surface area contributed by atoms with E-state index in [9.17, 15) is 13.8 Å². The number of carbonyl (C=O) groups is 2. The van der Waals surface area contributed by atoms with Crippen LogP contribution in [0.4, 0.5) is 5.13 Å². The number of amides is 1. The van der Waals surface area contributed by atoms with Crippen molar-refractivity contribution in [2.24, 2.45) is 5.16 Å². The second kappa shape index (κ2) is 9.05. The van der Waals surface area contributed by atoms with Gasteiger partial charge in [0, 0.05) is 15.7 Å². The molecule has 4 rings (SSSR count). The molecule has 2 fully saturated rings. The van der Waals surface area contributed by atoms with Gasteiger partial charge in [-0.25, -0.2) is 9.78 Å². The molecule has 2 aromatic rings. The van der Waals surface area contributed by atoms with Crippen LogP contribution in [0.25, 0.3) is 0 Å². The van der Waals surface area contributed by atoms with Gasteiger partial charge in [0.25, 0.3) is 5.91 Å². The summed E-state index contributed by atoms with van der Waals surface area (Å²) in [7, 11) is -1.03. The van der Waals surface area contributed by atoms with E-state index in [1.54, 1.807) is 24.3 Å². The number of rotatable bonds is 8. The van der Waals surface area contributed by atoms with Crippen molar-refractivity contribution in [2.75, 3.05) is 5.32 Å². The van der Waals surface area contributed by atoms with Crippen molar-refractivity contribution in [3.63, 3.8) is 0 Å². The van der Waals surface area contributed by atoms with Crippen LogP contribution in [-0.4, -0.2) is 43.2 Å². The summed E-state index contributed by atoms with van der Waals surface area (Å²) in [6.45, 7) is 0. The molecule has 1 heterocycles. The van der Waals surface area contributed by atoms with Gasteiger partial charge in [-0.3, -0.25) is 14.3 Å². The Hall–Kier alpha value is -2.59. The lowest BCUT2D eigenvalue weighted by Crippen LogP contribution is -2.25. The zero-order chi connectivity index (χ0) is 21.1. The highest BCUT2D eigenvalue weighted by Gasteiger charge is 2.29. The molecule has 2 aliphatic carbocycles. The highest BCUT2D eigenvalue weighted by molar-refractivity contribution is 7.86. The molecule has 0 saturated heterocycles. The number of carbonyl (C=O) groups excluding carboxylic acids is 1. The fraction of sp³-hybridized carbons (Fsp3) is 0.400.